The van der Waals surface area contributed by atoms with Crippen LogP contribution in [0.5, 0.6) is 5.75 Å². The summed E-state index contributed by atoms with van der Waals surface area (Å²) in [6.07, 6.45) is 5.05. The van der Waals surface area contributed by atoms with Gasteiger partial charge in [0.15, 0.2) is 0 Å². The predicted octanol–water partition coefficient (Wildman–Crippen LogP) is 5.61. The summed E-state index contributed by atoms with van der Waals surface area (Å²) >= 11 is 0. The number of rotatable bonds is 7. The van der Waals surface area contributed by atoms with E-state index in [1.54, 1.807) is 18.3 Å². The minimum absolute atomic E-state index is 0. The monoisotopic (exact) mass is 592 g/mol. The standard InChI is InChI=1S/C27H28F4N8O.ClH/c1-14-5-6-38(13-20(14)33)21-9-24(34-11-17(21)15-10-35-39(12-15)27(30)31)36-23-4-3-19(32)26(37-23)25-18(29)7-16(28)8-22(25)40-2;/h3-4,7-12,14,20,27H,5-6,13,32-33H2,1-2H3,(H,34,36,37);1H/t14-,20-;/m1./s1. The van der Waals surface area contributed by atoms with Crippen molar-refractivity contribution in [2.24, 2.45) is 11.7 Å². The second-order valence-corrected chi connectivity index (χ2v) is 9.67. The van der Waals surface area contributed by atoms with Crippen molar-refractivity contribution in [2.45, 2.75) is 25.9 Å². The van der Waals surface area contributed by atoms with E-state index in [0.717, 1.165) is 24.2 Å². The number of ether oxygens (including phenoxy) is 1. The van der Waals surface area contributed by atoms with Crippen LogP contribution in [0.25, 0.3) is 22.4 Å². The van der Waals surface area contributed by atoms with Gasteiger partial charge in [0.25, 0.3) is 0 Å². The minimum Gasteiger partial charge on any atom is -0.496 e. The van der Waals surface area contributed by atoms with Gasteiger partial charge in [-0.3, -0.25) is 0 Å². The summed E-state index contributed by atoms with van der Waals surface area (Å²) in [5, 5.41) is 6.86. The summed E-state index contributed by atoms with van der Waals surface area (Å²) in [4.78, 5) is 11.0. The molecule has 0 spiro atoms. The van der Waals surface area contributed by atoms with E-state index in [0.29, 0.717) is 40.6 Å². The maximum atomic E-state index is 14.8. The molecule has 5 N–H and O–H groups in total. The van der Waals surface area contributed by atoms with Crippen LogP contribution in [0.3, 0.4) is 0 Å². The van der Waals surface area contributed by atoms with Crippen molar-refractivity contribution in [1.29, 1.82) is 0 Å². The molecule has 0 unspecified atom stereocenters. The third-order valence-corrected chi connectivity index (χ3v) is 7.01. The molecular formula is C27H29ClF4N8O. The Labute approximate surface area is 239 Å². The first-order valence-electron chi connectivity index (χ1n) is 12.5. The molecule has 4 aromatic rings. The van der Waals surface area contributed by atoms with Crippen molar-refractivity contribution in [1.82, 2.24) is 19.7 Å². The molecule has 4 heterocycles. The molecule has 218 valence electrons. The number of pyridine rings is 2. The molecule has 0 aliphatic carbocycles. The van der Waals surface area contributed by atoms with Gasteiger partial charge in [0.2, 0.25) is 0 Å². The molecule has 1 aliphatic heterocycles. The lowest BCUT2D eigenvalue weighted by Crippen LogP contribution is -2.47. The molecule has 9 nitrogen and oxygen atoms in total. The van der Waals surface area contributed by atoms with Crippen LogP contribution >= 0.6 is 12.4 Å². The molecule has 1 aliphatic rings. The van der Waals surface area contributed by atoms with E-state index in [4.69, 9.17) is 16.2 Å². The largest absolute Gasteiger partial charge is 0.496 e. The van der Waals surface area contributed by atoms with Crippen molar-refractivity contribution in [3.05, 3.63) is 60.6 Å². The summed E-state index contributed by atoms with van der Waals surface area (Å²) in [6, 6.07) is 6.60. The van der Waals surface area contributed by atoms with Gasteiger partial charge < -0.3 is 26.4 Å². The number of piperidine rings is 1. The Bertz CT molecular complexity index is 1540. The highest BCUT2D eigenvalue weighted by Gasteiger charge is 2.26. The van der Waals surface area contributed by atoms with E-state index < -0.39 is 18.2 Å². The van der Waals surface area contributed by atoms with E-state index in [-0.39, 0.29) is 47.0 Å². The quantitative estimate of drug-likeness (QED) is 0.237. The lowest BCUT2D eigenvalue weighted by Gasteiger charge is -2.37. The summed E-state index contributed by atoms with van der Waals surface area (Å²) in [7, 11) is 1.29. The van der Waals surface area contributed by atoms with E-state index in [1.807, 2.05) is 0 Å². The lowest BCUT2D eigenvalue weighted by atomic mass is 9.93. The fourth-order valence-corrected chi connectivity index (χ4v) is 4.71. The number of hydrogen-bond donors (Lipinski definition) is 3. The normalized spacial score (nSPS) is 16.9. The number of benzene rings is 1. The Morgan fingerprint density at radius 1 is 1.12 bits per heavy atom. The van der Waals surface area contributed by atoms with Crippen LogP contribution in [0.1, 0.15) is 19.9 Å². The average Bonchev–Trinajstić information content (AvgIpc) is 3.42. The van der Waals surface area contributed by atoms with Crippen LogP contribution in [0.2, 0.25) is 0 Å². The molecule has 2 atom stereocenters. The molecule has 0 bridgehead atoms. The van der Waals surface area contributed by atoms with Gasteiger partial charge in [0.1, 0.15) is 34.7 Å². The zero-order valence-corrected chi connectivity index (χ0v) is 23.0. The number of anilines is 4. The molecule has 0 saturated carbocycles. The Morgan fingerprint density at radius 2 is 1.90 bits per heavy atom. The van der Waals surface area contributed by atoms with Crippen molar-refractivity contribution in [2.75, 3.05) is 36.1 Å². The van der Waals surface area contributed by atoms with Gasteiger partial charge in [-0.05, 0) is 24.5 Å². The average molecular weight is 593 g/mol. The maximum Gasteiger partial charge on any atom is 0.333 e. The van der Waals surface area contributed by atoms with Gasteiger partial charge in [-0.1, -0.05) is 6.92 Å². The molecule has 0 radical (unpaired) electrons. The van der Waals surface area contributed by atoms with Gasteiger partial charge in [0.05, 0.1) is 24.6 Å². The number of aromatic nitrogens is 4. The van der Waals surface area contributed by atoms with Crippen LogP contribution in [0.15, 0.2) is 48.9 Å². The van der Waals surface area contributed by atoms with Gasteiger partial charge >= 0.3 is 6.55 Å². The fourth-order valence-electron chi connectivity index (χ4n) is 4.71. The Kier molecular flexibility index (Phi) is 8.88. The van der Waals surface area contributed by atoms with Gasteiger partial charge in [0, 0.05) is 66.5 Å². The van der Waals surface area contributed by atoms with E-state index >= 15 is 0 Å². The van der Waals surface area contributed by atoms with Crippen LogP contribution in [-0.2, 0) is 0 Å². The number of alkyl halides is 2. The molecule has 41 heavy (non-hydrogen) atoms. The SMILES string of the molecule is COc1cc(F)cc(F)c1-c1nc(Nc2cc(N3CC[C@@H](C)[C@H](N)C3)c(-c3cnn(C(F)F)c3)cn2)ccc1N.Cl. The third kappa shape index (κ3) is 6.15. The summed E-state index contributed by atoms with van der Waals surface area (Å²) in [6.45, 7) is 0.598. The minimum atomic E-state index is -2.77. The first-order chi connectivity index (χ1) is 19.1. The Morgan fingerprint density at radius 3 is 2.59 bits per heavy atom. The smallest absolute Gasteiger partial charge is 0.333 e. The number of halogens is 5. The Hall–Kier alpha value is -4.10. The first kappa shape index (κ1) is 29.9. The third-order valence-electron chi connectivity index (χ3n) is 7.01. The molecule has 1 saturated heterocycles. The molecule has 0 amide bonds. The summed E-state index contributed by atoms with van der Waals surface area (Å²) in [5.74, 6) is -0.718. The van der Waals surface area contributed by atoms with Crippen LogP contribution in [-0.4, -0.2) is 46.0 Å². The van der Waals surface area contributed by atoms with Gasteiger partial charge in [-0.25, -0.2) is 23.4 Å². The molecule has 5 rings (SSSR count). The highest BCUT2D eigenvalue weighted by Crippen LogP contribution is 2.38. The van der Waals surface area contributed by atoms with Gasteiger partial charge in [-0.15, -0.1) is 12.4 Å². The highest BCUT2D eigenvalue weighted by molar-refractivity contribution is 5.85. The van der Waals surface area contributed by atoms with E-state index in [2.05, 4.69) is 32.2 Å². The van der Waals surface area contributed by atoms with Crippen LogP contribution in [0, 0.1) is 17.6 Å². The van der Waals surface area contributed by atoms with Crippen molar-refractivity contribution in [3.63, 3.8) is 0 Å². The second-order valence-electron chi connectivity index (χ2n) is 9.67. The van der Waals surface area contributed by atoms with Crippen molar-refractivity contribution >= 4 is 35.4 Å². The number of nitrogens with zero attached hydrogens (tertiary/aromatic N) is 5. The zero-order valence-electron chi connectivity index (χ0n) is 22.2. The molecule has 1 aromatic carbocycles. The number of nitrogens with two attached hydrogens (primary N) is 2. The zero-order chi connectivity index (χ0) is 28.6. The lowest BCUT2D eigenvalue weighted by molar-refractivity contribution is 0.0566. The summed E-state index contributed by atoms with van der Waals surface area (Å²) < 4.78 is 60.7. The van der Waals surface area contributed by atoms with E-state index in [1.165, 1.54) is 25.6 Å². The van der Waals surface area contributed by atoms with E-state index in [9.17, 15) is 17.6 Å². The number of methoxy groups -OCH3 is 1. The number of nitrogen functional groups attached to an aromatic ring is 1. The molecule has 1 fully saturated rings. The Balaban J connectivity index is 0.00000387. The maximum absolute atomic E-state index is 14.8. The second kappa shape index (κ2) is 12.2. The van der Waals surface area contributed by atoms with Crippen LogP contribution in [0.4, 0.5) is 40.6 Å². The van der Waals surface area contributed by atoms with Gasteiger partial charge in [-0.2, -0.15) is 13.9 Å². The molecule has 3 aromatic heterocycles. The fraction of sp³-hybridized carbons (Fsp3) is 0.296. The summed E-state index contributed by atoms with van der Waals surface area (Å²) in [5.41, 5.74) is 14.4. The predicted molar refractivity (Wildman–Crippen MR) is 152 cm³/mol. The first-order valence-corrected chi connectivity index (χ1v) is 12.5. The van der Waals surface area contributed by atoms with Crippen LogP contribution < -0.4 is 26.4 Å². The van der Waals surface area contributed by atoms with Crippen molar-refractivity contribution < 1.29 is 22.3 Å². The highest BCUT2D eigenvalue weighted by atomic mass is 35.5. The topological polar surface area (TPSA) is 120 Å². The number of nitrogens with one attached hydrogen (secondary N) is 1. The number of hydrogen-bond acceptors (Lipinski definition) is 8. The molecular weight excluding hydrogens is 564 g/mol. The van der Waals surface area contributed by atoms with Crippen molar-refractivity contribution in [3.8, 4) is 28.1 Å². The molecule has 14 heteroatoms.